The van der Waals surface area contributed by atoms with E-state index in [0.717, 1.165) is 28.8 Å². The van der Waals surface area contributed by atoms with Gasteiger partial charge in [0.05, 0.1) is 27.2 Å². The molecule has 0 spiro atoms. The van der Waals surface area contributed by atoms with Gasteiger partial charge in [-0.1, -0.05) is 24.3 Å². The van der Waals surface area contributed by atoms with Crippen molar-refractivity contribution in [3.8, 4) is 16.5 Å². The Bertz CT molecular complexity index is 1390. The van der Waals surface area contributed by atoms with Crippen LogP contribution in [-0.2, 0) is 20.6 Å². The maximum Gasteiger partial charge on any atom is 0.258 e. The smallest absolute Gasteiger partial charge is 0.258 e. The van der Waals surface area contributed by atoms with Crippen LogP contribution in [0, 0.1) is 5.92 Å². The summed E-state index contributed by atoms with van der Waals surface area (Å²) in [5.41, 5.74) is 1.10. The number of para-hydroxylation sites is 2. The molecule has 1 aromatic carbocycles. The first-order valence-electron chi connectivity index (χ1n) is 12.3. The molecule has 2 saturated carbocycles. The van der Waals surface area contributed by atoms with Gasteiger partial charge in [0, 0.05) is 18.9 Å². The molecule has 9 nitrogen and oxygen atoms in total. The topological polar surface area (TPSA) is 122 Å². The van der Waals surface area contributed by atoms with E-state index in [1.165, 1.54) is 0 Å². The number of aromatic nitrogens is 2. The zero-order chi connectivity index (χ0) is 25.6. The van der Waals surface area contributed by atoms with Crippen LogP contribution in [-0.4, -0.2) is 55.5 Å². The van der Waals surface area contributed by atoms with E-state index in [-0.39, 0.29) is 23.2 Å². The molecule has 2 aliphatic carbocycles. The summed E-state index contributed by atoms with van der Waals surface area (Å²) in [6.45, 7) is 4.24. The number of hydrogen-bond donors (Lipinski definition) is 3. The molecule has 11 heteroatoms. The van der Waals surface area contributed by atoms with Crippen LogP contribution in [0.5, 0.6) is 5.88 Å². The van der Waals surface area contributed by atoms with Crippen LogP contribution in [0.2, 0.25) is 0 Å². The lowest BCUT2D eigenvalue weighted by Crippen LogP contribution is -2.54. The van der Waals surface area contributed by atoms with Crippen molar-refractivity contribution < 1.29 is 18.5 Å². The molecule has 0 bridgehead atoms. The molecular weight excluding hydrogens is 510 g/mol. The zero-order valence-electron chi connectivity index (χ0n) is 20.0. The van der Waals surface area contributed by atoms with Gasteiger partial charge >= 0.3 is 0 Å². The van der Waals surface area contributed by atoms with Gasteiger partial charge in [-0.3, -0.25) is 14.3 Å². The molecule has 0 radical (unpaired) electrons. The van der Waals surface area contributed by atoms with Crippen molar-refractivity contribution in [3.05, 3.63) is 54.4 Å². The average molecular weight is 538 g/mol. The number of fused-ring (bicyclic) bond motifs is 1. The summed E-state index contributed by atoms with van der Waals surface area (Å²) in [4.78, 5) is 36.6. The fourth-order valence-electron chi connectivity index (χ4n) is 4.68. The molecule has 6 rings (SSSR count). The van der Waals surface area contributed by atoms with Gasteiger partial charge < -0.3 is 15.4 Å². The van der Waals surface area contributed by atoms with Gasteiger partial charge in [-0.05, 0) is 42.8 Å². The highest BCUT2D eigenvalue weighted by molar-refractivity contribution is 7.84. The van der Waals surface area contributed by atoms with Crippen molar-refractivity contribution in [2.75, 3.05) is 6.54 Å². The third kappa shape index (κ3) is 4.78. The normalized spacial score (nSPS) is 27.4. The van der Waals surface area contributed by atoms with E-state index in [0.29, 0.717) is 31.0 Å². The Morgan fingerprint density at radius 3 is 2.65 bits per heavy atom. The highest BCUT2D eigenvalue weighted by atomic mass is 32.2. The van der Waals surface area contributed by atoms with Crippen LogP contribution in [0.1, 0.15) is 25.7 Å². The summed E-state index contributed by atoms with van der Waals surface area (Å²) in [6.07, 6.45) is 3.92. The van der Waals surface area contributed by atoms with E-state index in [2.05, 4.69) is 21.9 Å². The second-order valence-corrected chi connectivity index (χ2v) is 12.1. The molecule has 3 aromatic rings. The second-order valence-electron chi connectivity index (χ2n) is 9.71. The first-order chi connectivity index (χ1) is 18.0. The minimum Gasteiger partial charge on any atom is -0.471 e. The fraction of sp³-hybridized carbons (Fsp3) is 0.385. The standard InChI is InChI=1S/C26H27N5O4S2/c1-2-15-13-26(15,25(33)31-37(34)17-9-10-17)30-23(32)20-12-16(14-27-20)35-24-22(21-8-5-11-36-21)28-18-6-3-4-7-19(18)29-24/h2-8,11,15-17,20,27H,1,9-10,12-14H2,(H,30,32)(H,31,33)/t15-,16-,20+,26-,37?/m1/s1. The Balaban J connectivity index is 1.14. The lowest BCUT2D eigenvalue weighted by atomic mass is 10.1. The predicted molar refractivity (Wildman–Crippen MR) is 142 cm³/mol. The van der Waals surface area contributed by atoms with E-state index < -0.39 is 28.5 Å². The lowest BCUT2D eigenvalue weighted by Gasteiger charge is -2.21. The van der Waals surface area contributed by atoms with E-state index >= 15 is 0 Å². The monoisotopic (exact) mass is 537 g/mol. The summed E-state index contributed by atoms with van der Waals surface area (Å²) in [7, 11) is -1.42. The third-order valence-corrected chi connectivity index (χ3v) is 9.39. The van der Waals surface area contributed by atoms with Gasteiger partial charge in [0.2, 0.25) is 11.8 Å². The number of benzene rings is 1. The fourth-order valence-corrected chi connectivity index (χ4v) is 6.48. The molecule has 3 aliphatic rings. The summed E-state index contributed by atoms with van der Waals surface area (Å²) in [6, 6.07) is 11.0. The maximum absolute atomic E-state index is 13.2. The van der Waals surface area contributed by atoms with Crippen LogP contribution in [0.4, 0.5) is 0 Å². The molecule has 3 fully saturated rings. The van der Waals surface area contributed by atoms with Crippen molar-refractivity contribution in [2.45, 2.75) is 48.6 Å². The highest BCUT2D eigenvalue weighted by Crippen LogP contribution is 2.45. The minimum absolute atomic E-state index is 0.0179. The Hall–Kier alpha value is -3.15. The number of hydrogen-bond acceptors (Lipinski definition) is 8. The van der Waals surface area contributed by atoms with E-state index in [4.69, 9.17) is 14.7 Å². The number of carbonyl (C=O) groups is 2. The van der Waals surface area contributed by atoms with Crippen molar-refractivity contribution in [1.82, 2.24) is 25.3 Å². The van der Waals surface area contributed by atoms with Gasteiger partial charge in [0.25, 0.3) is 5.91 Å². The minimum atomic E-state index is -1.42. The summed E-state index contributed by atoms with van der Waals surface area (Å²) in [5, 5.41) is 8.12. The van der Waals surface area contributed by atoms with Gasteiger partial charge in [0.15, 0.2) is 0 Å². The van der Waals surface area contributed by atoms with Gasteiger partial charge in [-0.2, -0.15) is 0 Å². The second kappa shape index (κ2) is 9.62. The molecular formula is C26H27N5O4S2. The van der Waals surface area contributed by atoms with Crippen LogP contribution >= 0.6 is 11.3 Å². The summed E-state index contributed by atoms with van der Waals surface area (Å²) >= 11 is 1.56. The van der Waals surface area contributed by atoms with Crippen molar-refractivity contribution in [1.29, 1.82) is 0 Å². The molecule has 1 saturated heterocycles. The predicted octanol–water partition coefficient (Wildman–Crippen LogP) is 2.47. The Kier molecular flexibility index (Phi) is 6.29. The summed E-state index contributed by atoms with van der Waals surface area (Å²) < 4.78 is 21.1. The Morgan fingerprint density at radius 2 is 1.97 bits per heavy atom. The molecule has 2 aromatic heterocycles. The molecule has 37 heavy (non-hydrogen) atoms. The van der Waals surface area contributed by atoms with Crippen molar-refractivity contribution in [2.24, 2.45) is 5.92 Å². The van der Waals surface area contributed by atoms with Crippen LogP contribution in [0.3, 0.4) is 0 Å². The molecule has 2 amide bonds. The van der Waals surface area contributed by atoms with Gasteiger partial charge in [-0.15, -0.1) is 17.9 Å². The Morgan fingerprint density at radius 1 is 1.19 bits per heavy atom. The van der Waals surface area contributed by atoms with E-state index in [9.17, 15) is 13.8 Å². The lowest BCUT2D eigenvalue weighted by molar-refractivity contribution is -0.130. The van der Waals surface area contributed by atoms with Gasteiger partial charge in [-0.25, -0.2) is 14.2 Å². The maximum atomic E-state index is 13.2. The van der Waals surface area contributed by atoms with E-state index in [1.807, 2.05) is 41.8 Å². The highest BCUT2D eigenvalue weighted by Gasteiger charge is 2.60. The summed E-state index contributed by atoms with van der Waals surface area (Å²) in [5.74, 6) is -0.455. The molecule has 3 heterocycles. The number of ether oxygens (including phenoxy) is 1. The van der Waals surface area contributed by atoms with E-state index in [1.54, 1.807) is 17.4 Å². The number of carbonyl (C=O) groups excluding carboxylic acids is 2. The van der Waals surface area contributed by atoms with Crippen LogP contribution in [0.25, 0.3) is 21.6 Å². The number of amides is 2. The molecule has 1 aliphatic heterocycles. The number of rotatable bonds is 9. The number of nitrogens with zero attached hydrogens (tertiary/aromatic N) is 2. The van der Waals surface area contributed by atoms with Crippen LogP contribution < -0.4 is 20.1 Å². The van der Waals surface area contributed by atoms with Crippen molar-refractivity contribution in [3.63, 3.8) is 0 Å². The number of thiophene rings is 1. The zero-order valence-corrected chi connectivity index (χ0v) is 21.6. The largest absolute Gasteiger partial charge is 0.471 e. The first-order valence-corrected chi connectivity index (χ1v) is 14.4. The first kappa shape index (κ1) is 24.2. The third-order valence-electron chi connectivity index (χ3n) is 7.05. The molecule has 5 atom stereocenters. The molecule has 3 N–H and O–H groups in total. The van der Waals surface area contributed by atoms with Crippen LogP contribution in [0.15, 0.2) is 54.4 Å². The SMILES string of the molecule is C=C[C@@H]1C[C@]1(NC(=O)[C@@H]1C[C@@H](Oc2nc3ccccc3nc2-c2cccs2)CN1)C(=O)NS(=O)C1CC1. The molecule has 192 valence electrons. The van der Waals surface area contributed by atoms with Crippen molar-refractivity contribution >= 4 is 45.2 Å². The molecule has 1 unspecified atom stereocenters. The quantitative estimate of drug-likeness (QED) is 0.359. The average Bonchev–Trinajstić information content (AvgIpc) is 3.75. The Labute approximate surface area is 220 Å². The number of nitrogens with one attached hydrogen (secondary N) is 3. The van der Waals surface area contributed by atoms with Gasteiger partial charge in [0.1, 0.15) is 28.3 Å².